The maximum absolute atomic E-state index is 9.29. The van der Waals surface area contributed by atoms with Crippen LogP contribution in [-0.4, -0.2) is 37.7 Å². The van der Waals surface area contributed by atoms with E-state index in [-0.39, 0.29) is 37.7 Å². The SMILES string of the molecule is C=CCc1ccccc1.O=[PH]([O-])O[PH](=O)[O-].[Ca+2]. The molecular weight excluding hydrogens is 290 g/mol. The molecular formula is C9H12CaO5P2. The van der Waals surface area contributed by atoms with Gasteiger partial charge in [0.15, 0.2) is 0 Å². The third kappa shape index (κ3) is 14.5. The molecule has 1 aromatic rings. The Morgan fingerprint density at radius 2 is 1.65 bits per heavy atom. The van der Waals surface area contributed by atoms with Gasteiger partial charge in [-0.1, -0.05) is 36.4 Å². The first-order chi connectivity index (χ1) is 7.56. The Morgan fingerprint density at radius 3 is 1.94 bits per heavy atom. The fourth-order valence-electron chi connectivity index (χ4n) is 0.849. The zero-order valence-electron chi connectivity index (χ0n) is 9.13. The molecule has 5 nitrogen and oxygen atoms in total. The van der Waals surface area contributed by atoms with E-state index in [1.807, 2.05) is 24.3 Å². The van der Waals surface area contributed by atoms with Crippen molar-refractivity contribution in [3.8, 4) is 0 Å². The van der Waals surface area contributed by atoms with Crippen molar-refractivity contribution in [1.29, 1.82) is 0 Å². The molecule has 8 heteroatoms. The summed E-state index contributed by atoms with van der Waals surface area (Å²) in [5, 5.41) is 0. The molecule has 0 spiro atoms. The number of rotatable bonds is 4. The van der Waals surface area contributed by atoms with Gasteiger partial charge >= 0.3 is 37.7 Å². The van der Waals surface area contributed by atoms with Crippen LogP contribution in [0.2, 0.25) is 0 Å². The van der Waals surface area contributed by atoms with Crippen molar-refractivity contribution >= 4 is 54.2 Å². The molecule has 90 valence electrons. The van der Waals surface area contributed by atoms with Gasteiger partial charge in [0.2, 0.25) is 0 Å². The summed E-state index contributed by atoms with van der Waals surface area (Å²) in [6.07, 6.45) is 2.89. The molecule has 0 N–H and O–H groups in total. The fraction of sp³-hybridized carbons (Fsp3) is 0.111. The maximum atomic E-state index is 9.29. The van der Waals surface area contributed by atoms with Crippen molar-refractivity contribution in [3.63, 3.8) is 0 Å². The molecule has 0 aliphatic carbocycles. The second-order valence-corrected chi connectivity index (χ2v) is 4.40. The molecule has 0 fully saturated rings. The van der Waals surface area contributed by atoms with Crippen LogP contribution >= 0.6 is 16.5 Å². The molecule has 0 saturated carbocycles. The first-order valence-electron chi connectivity index (χ1n) is 4.31. The molecule has 0 aromatic heterocycles. The van der Waals surface area contributed by atoms with Gasteiger partial charge in [-0.25, -0.2) is 0 Å². The zero-order chi connectivity index (χ0) is 12.4. The summed E-state index contributed by atoms with van der Waals surface area (Å²) in [5.41, 5.74) is 1.33. The Hall–Kier alpha value is 0.560. The Kier molecular flexibility index (Phi) is 15.2. The standard InChI is InChI=1S/C9H10.Ca.H4O5P2/c1-2-6-9-7-4-3-5-8-9;;1-6(2)5-7(3)4/h2-5,7-8H,1,6H2;;6-7H,(H,1,2)(H,3,4)/q;+2;/p-2. The second kappa shape index (κ2) is 13.0. The third-order valence-corrected chi connectivity index (χ3v) is 2.72. The minimum Gasteiger partial charge on any atom is -0.781 e. The van der Waals surface area contributed by atoms with Crippen molar-refractivity contribution in [2.45, 2.75) is 6.42 Å². The van der Waals surface area contributed by atoms with Gasteiger partial charge < -0.3 is 18.9 Å². The molecule has 1 aromatic carbocycles. The maximum Gasteiger partial charge on any atom is 2.00 e. The summed E-state index contributed by atoms with van der Waals surface area (Å²) < 4.78 is 21.8. The van der Waals surface area contributed by atoms with E-state index >= 15 is 0 Å². The largest absolute Gasteiger partial charge is 2.00 e. The van der Waals surface area contributed by atoms with Crippen LogP contribution in [0.25, 0.3) is 0 Å². The van der Waals surface area contributed by atoms with Crippen LogP contribution in [0.4, 0.5) is 0 Å². The van der Waals surface area contributed by atoms with Crippen LogP contribution in [0.3, 0.4) is 0 Å². The number of hydrogen-bond acceptors (Lipinski definition) is 5. The van der Waals surface area contributed by atoms with Gasteiger partial charge in [-0.15, -0.1) is 6.58 Å². The van der Waals surface area contributed by atoms with E-state index in [1.165, 1.54) is 5.56 Å². The van der Waals surface area contributed by atoms with Gasteiger partial charge in [-0.3, -0.25) is 4.31 Å². The molecule has 0 saturated heterocycles. The summed E-state index contributed by atoms with van der Waals surface area (Å²) in [4.78, 5) is 18.6. The first kappa shape index (κ1) is 19.9. The quantitative estimate of drug-likeness (QED) is 0.460. The zero-order valence-corrected chi connectivity index (χ0v) is 13.3. The van der Waals surface area contributed by atoms with Gasteiger partial charge in [0, 0.05) is 0 Å². The summed E-state index contributed by atoms with van der Waals surface area (Å²) in [5.74, 6) is 0. The average molecular weight is 302 g/mol. The van der Waals surface area contributed by atoms with Crippen LogP contribution < -0.4 is 9.79 Å². The third-order valence-electron chi connectivity index (χ3n) is 1.39. The normalized spacial score (nSPS) is 12.4. The van der Waals surface area contributed by atoms with Crippen LogP contribution in [-0.2, 0) is 19.9 Å². The molecule has 2 unspecified atom stereocenters. The van der Waals surface area contributed by atoms with Crippen LogP contribution in [0.15, 0.2) is 43.0 Å². The minimum absolute atomic E-state index is 0. The minimum atomic E-state index is -3.51. The fourth-order valence-corrected chi connectivity index (χ4v) is 1.39. The van der Waals surface area contributed by atoms with E-state index in [0.29, 0.717) is 0 Å². The summed E-state index contributed by atoms with van der Waals surface area (Å²) in [7, 11) is -7.03. The van der Waals surface area contributed by atoms with Crippen molar-refractivity contribution in [1.82, 2.24) is 0 Å². The van der Waals surface area contributed by atoms with Gasteiger partial charge in [0.1, 0.15) is 16.5 Å². The molecule has 1 rings (SSSR count). The number of allylic oxidation sites excluding steroid dienone is 1. The van der Waals surface area contributed by atoms with Crippen LogP contribution in [0.1, 0.15) is 5.56 Å². The van der Waals surface area contributed by atoms with Crippen molar-refractivity contribution in [2.24, 2.45) is 0 Å². The van der Waals surface area contributed by atoms with E-state index in [0.717, 1.165) is 6.42 Å². The van der Waals surface area contributed by atoms with E-state index in [9.17, 15) is 18.9 Å². The molecule has 2 atom stereocenters. The van der Waals surface area contributed by atoms with E-state index in [2.05, 4.69) is 23.0 Å². The van der Waals surface area contributed by atoms with Gasteiger partial charge in [-0.2, -0.15) is 0 Å². The molecule has 0 aliphatic rings. The van der Waals surface area contributed by atoms with Gasteiger partial charge in [-0.05, 0) is 12.0 Å². The monoisotopic (exact) mass is 302 g/mol. The van der Waals surface area contributed by atoms with E-state index in [1.54, 1.807) is 0 Å². The Labute approximate surface area is 131 Å². The number of benzene rings is 1. The summed E-state index contributed by atoms with van der Waals surface area (Å²) in [6, 6.07) is 10.3. The van der Waals surface area contributed by atoms with Gasteiger partial charge in [0.25, 0.3) is 0 Å². The van der Waals surface area contributed by atoms with Crippen molar-refractivity contribution < 1.29 is 23.2 Å². The molecule has 0 radical (unpaired) electrons. The summed E-state index contributed by atoms with van der Waals surface area (Å²) in [6.45, 7) is 3.66. The summed E-state index contributed by atoms with van der Waals surface area (Å²) >= 11 is 0. The van der Waals surface area contributed by atoms with Crippen molar-refractivity contribution in [2.75, 3.05) is 0 Å². The van der Waals surface area contributed by atoms with E-state index in [4.69, 9.17) is 0 Å². The van der Waals surface area contributed by atoms with E-state index < -0.39 is 16.5 Å². The van der Waals surface area contributed by atoms with Crippen molar-refractivity contribution in [3.05, 3.63) is 48.6 Å². The van der Waals surface area contributed by atoms with Crippen LogP contribution in [0, 0.1) is 0 Å². The Morgan fingerprint density at radius 1 is 1.18 bits per heavy atom. The predicted octanol–water partition coefficient (Wildman–Crippen LogP) is 0.537. The predicted molar refractivity (Wildman–Crippen MR) is 65.2 cm³/mol. The molecule has 0 amide bonds. The smallest absolute Gasteiger partial charge is 0.781 e. The van der Waals surface area contributed by atoms with Gasteiger partial charge in [0.05, 0.1) is 0 Å². The number of hydrogen-bond donors (Lipinski definition) is 0. The average Bonchev–Trinajstić information content (AvgIpc) is 2.18. The topological polar surface area (TPSA) is 89.5 Å². The first-order valence-corrected chi connectivity index (χ1v) is 6.75. The molecule has 0 aliphatic heterocycles. The molecule has 0 heterocycles. The Bertz CT molecular complexity index is 346. The second-order valence-electron chi connectivity index (χ2n) is 2.58. The van der Waals surface area contributed by atoms with Crippen LogP contribution in [0.5, 0.6) is 0 Å². The Balaban J connectivity index is 0. The molecule has 0 bridgehead atoms. The molecule has 17 heavy (non-hydrogen) atoms.